The second-order valence-electron chi connectivity index (χ2n) is 5.62. The molecular weight excluding hydrogens is 331 g/mol. The Morgan fingerprint density at radius 1 is 1.21 bits per heavy atom. The van der Waals surface area contributed by atoms with E-state index >= 15 is 0 Å². The Hall–Kier alpha value is -2.06. The Kier molecular flexibility index (Phi) is 5.37. The molecule has 24 heavy (non-hydrogen) atoms. The van der Waals surface area contributed by atoms with Gasteiger partial charge in [0, 0.05) is 32.6 Å². The Morgan fingerprint density at radius 2 is 1.92 bits per heavy atom. The first-order valence-electron chi connectivity index (χ1n) is 7.75. The van der Waals surface area contributed by atoms with E-state index in [-0.39, 0.29) is 11.8 Å². The molecule has 1 aliphatic heterocycles. The summed E-state index contributed by atoms with van der Waals surface area (Å²) in [5.41, 5.74) is 1.02. The van der Waals surface area contributed by atoms with Gasteiger partial charge >= 0.3 is 5.97 Å². The Balaban J connectivity index is 1.54. The van der Waals surface area contributed by atoms with E-state index in [1.165, 1.54) is 19.2 Å². The lowest BCUT2D eigenvalue weighted by Gasteiger charge is -2.33. The number of esters is 1. The average molecular weight is 350 g/mol. The van der Waals surface area contributed by atoms with Crippen molar-refractivity contribution < 1.29 is 13.9 Å². The SMILES string of the molecule is COC(=O)CN1CCN(c2nnc(Cc3ccc(F)cc3)s2)CC1. The molecule has 1 aromatic carbocycles. The molecule has 0 aliphatic carbocycles. The highest BCUT2D eigenvalue weighted by atomic mass is 32.1. The van der Waals surface area contributed by atoms with Crippen LogP contribution in [0.5, 0.6) is 0 Å². The summed E-state index contributed by atoms with van der Waals surface area (Å²) in [5, 5.41) is 10.3. The van der Waals surface area contributed by atoms with Crippen LogP contribution >= 0.6 is 11.3 Å². The molecule has 128 valence electrons. The molecule has 0 amide bonds. The fourth-order valence-electron chi connectivity index (χ4n) is 2.57. The number of rotatable bonds is 5. The molecule has 1 aromatic heterocycles. The third kappa shape index (κ3) is 4.27. The zero-order chi connectivity index (χ0) is 16.9. The highest BCUT2D eigenvalue weighted by Gasteiger charge is 2.21. The van der Waals surface area contributed by atoms with Crippen molar-refractivity contribution >= 4 is 22.4 Å². The minimum atomic E-state index is -0.235. The number of carbonyl (C=O) groups excluding carboxylic acids is 1. The van der Waals surface area contributed by atoms with Crippen LogP contribution in [-0.2, 0) is 16.0 Å². The molecule has 2 heterocycles. The molecular formula is C16H19FN4O2S. The third-order valence-electron chi connectivity index (χ3n) is 3.95. The summed E-state index contributed by atoms with van der Waals surface area (Å²) in [4.78, 5) is 15.6. The molecule has 1 fully saturated rings. The van der Waals surface area contributed by atoms with Gasteiger partial charge in [0.2, 0.25) is 5.13 Å². The highest BCUT2D eigenvalue weighted by Crippen LogP contribution is 2.23. The van der Waals surface area contributed by atoms with Crippen LogP contribution in [0.4, 0.5) is 9.52 Å². The fourth-order valence-corrected chi connectivity index (χ4v) is 3.49. The summed E-state index contributed by atoms with van der Waals surface area (Å²) in [6.45, 7) is 3.53. The van der Waals surface area contributed by atoms with Crippen LogP contribution in [0.25, 0.3) is 0 Å². The van der Waals surface area contributed by atoms with Crippen molar-refractivity contribution in [2.45, 2.75) is 6.42 Å². The summed E-state index contributed by atoms with van der Waals surface area (Å²) in [6, 6.07) is 6.44. The molecule has 0 spiro atoms. The third-order valence-corrected chi connectivity index (χ3v) is 4.93. The molecule has 0 bridgehead atoms. The smallest absolute Gasteiger partial charge is 0.319 e. The van der Waals surface area contributed by atoms with Gasteiger partial charge in [0.1, 0.15) is 10.8 Å². The van der Waals surface area contributed by atoms with E-state index in [9.17, 15) is 9.18 Å². The summed E-state index contributed by atoms with van der Waals surface area (Å²) in [6.07, 6.45) is 0.653. The number of methoxy groups -OCH3 is 1. The van der Waals surface area contributed by atoms with E-state index < -0.39 is 0 Å². The van der Waals surface area contributed by atoms with Crippen LogP contribution in [0.1, 0.15) is 10.6 Å². The minimum Gasteiger partial charge on any atom is -0.468 e. The van der Waals surface area contributed by atoms with E-state index in [2.05, 4.69) is 20.0 Å². The number of halogens is 1. The normalized spacial score (nSPS) is 15.5. The van der Waals surface area contributed by atoms with Crippen molar-refractivity contribution in [3.05, 3.63) is 40.7 Å². The predicted molar refractivity (Wildman–Crippen MR) is 89.8 cm³/mol. The van der Waals surface area contributed by atoms with E-state index in [4.69, 9.17) is 4.74 Å². The Labute approximate surface area is 143 Å². The quantitative estimate of drug-likeness (QED) is 0.763. The minimum absolute atomic E-state index is 0.207. The van der Waals surface area contributed by atoms with Crippen LogP contribution < -0.4 is 4.90 Å². The Bertz CT molecular complexity index is 684. The number of anilines is 1. The lowest BCUT2D eigenvalue weighted by molar-refractivity contribution is -0.142. The summed E-state index contributed by atoms with van der Waals surface area (Å²) >= 11 is 1.56. The maximum atomic E-state index is 12.9. The lowest BCUT2D eigenvalue weighted by atomic mass is 10.2. The van der Waals surface area contributed by atoms with Crippen LogP contribution in [0.2, 0.25) is 0 Å². The van der Waals surface area contributed by atoms with Gasteiger partial charge in [-0.2, -0.15) is 0 Å². The molecule has 2 aromatic rings. The van der Waals surface area contributed by atoms with Crippen LogP contribution in [0.3, 0.4) is 0 Å². The number of carbonyl (C=O) groups is 1. The molecule has 0 atom stereocenters. The number of aromatic nitrogens is 2. The maximum absolute atomic E-state index is 12.9. The first kappa shape index (κ1) is 16.8. The van der Waals surface area contributed by atoms with E-state index in [1.54, 1.807) is 23.5 Å². The number of nitrogens with zero attached hydrogens (tertiary/aromatic N) is 4. The van der Waals surface area contributed by atoms with Gasteiger partial charge in [0.25, 0.3) is 0 Å². The first-order chi connectivity index (χ1) is 11.6. The van der Waals surface area contributed by atoms with Crippen molar-refractivity contribution in [1.29, 1.82) is 0 Å². The van der Waals surface area contributed by atoms with Crippen molar-refractivity contribution in [2.75, 3.05) is 44.7 Å². The number of hydrogen-bond acceptors (Lipinski definition) is 7. The van der Waals surface area contributed by atoms with E-state index in [0.717, 1.165) is 41.9 Å². The van der Waals surface area contributed by atoms with Crippen molar-refractivity contribution in [1.82, 2.24) is 15.1 Å². The largest absolute Gasteiger partial charge is 0.468 e. The predicted octanol–water partition coefficient (Wildman–Crippen LogP) is 1.56. The Morgan fingerprint density at radius 3 is 2.58 bits per heavy atom. The van der Waals surface area contributed by atoms with Crippen molar-refractivity contribution in [3.8, 4) is 0 Å². The van der Waals surface area contributed by atoms with Gasteiger partial charge in [0.15, 0.2) is 0 Å². The van der Waals surface area contributed by atoms with E-state index in [1.807, 2.05) is 0 Å². The molecule has 0 unspecified atom stereocenters. The van der Waals surface area contributed by atoms with Gasteiger partial charge in [-0.15, -0.1) is 10.2 Å². The first-order valence-corrected chi connectivity index (χ1v) is 8.56. The molecule has 1 aliphatic rings. The molecule has 6 nitrogen and oxygen atoms in total. The van der Waals surface area contributed by atoms with Crippen molar-refractivity contribution in [3.63, 3.8) is 0 Å². The van der Waals surface area contributed by atoms with Crippen LogP contribution in [0, 0.1) is 5.82 Å². The number of benzene rings is 1. The van der Waals surface area contributed by atoms with E-state index in [0.29, 0.717) is 13.0 Å². The second kappa shape index (κ2) is 7.67. The summed E-state index contributed by atoms with van der Waals surface area (Å²) < 4.78 is 17.6. The van der Waals surface area contributed by atoms with Crippen LogP contribution in [0.15, 0.2) is 24.3 Å². The standard InChI is InChI=1S/C16H19FN4O2S/c1-23-15(22)11-20-6-8-21(9-7-20)16-19-18-14(24-16)10-12-2-4-13(17)5-3-12/h2-5H,6-11H2,1H3. The fraction of sp³-hybridized carbons (Fsp3) is 0.438. The average Bonchev–Trinajstić information content (AvgIpc) is 3.06. The van der Waals surface area contributed by atoms with Gasteiger partial charge in [-0.25, -0.2) is 4.39 Å². The van der Waals surface area contributed by atoms with Gasteiger partial charge < -0.3 is 9.64 Å². The molecule has 0 N–H and O–H groups in total. The highest BCUT2D eigenvalue weighted by molar-refractivity contribution is 7.15. The molecule has 0 radical (unpaired) electrons. The second-order valence-corrected chi connectivity index (χ2v) is 6.66. The van der Waals surface area contributed by atoms with Gasteiger partial charge in [-0.1, -0.05) is 23.5 Å². The topological polar surface area (TPSA) is 58.6 Å². The molecule has 8 heteroatoms. The number of hydrogen-bond donors (Lipinski definition) is 0. The number of ether oxygens (including phenoxy) is 1. The number of piperazine rings is 1. The molecule has 0 saturated carbocycles. The summed E-state index contributed by atoms with van der Waals surface area (Å²) in [5.74, 6) is -0.442. The monoisotopic (exact) mass is 350 g/mol. The zero-order valence-electron chi connectivity index (χ0n) is 13.4. The lowest BCUT2D eigenvalue weighted by Crippen LogP contribution is -2.48. The van der Waals surface area contributed by atoms with Gasteiger partial charge in [-0.05, 0) is 17.7 Å². The van der Waals surface area contributed by atoms with Gasteiger partial charge in [-0.3, -0.25) is 9.69 Å². The van der Waals surface area contributed by atoms with Gasteiger partial charge in [0.05, 0.1) is 13.7 Å². The zero-order valence-corrected chi connectivity index (χ0v) is 14.3. The van der Waals surface area contributed by atoms with Crippen molar-refractivity contribution in [2.24, 2.45) is 0 Å². The maximum Gasteiger partial charge on any atom is 0.319 e. The summed E-state index contributed by atoms with van der Waals surface area (Å²) in [7, 11) is 1.41. The molecule has 3 rings (SSSR count). The van der Waals surface area contributed by atoms with Crippen LogP contribution in [-0.4, -0.2) is 60.9 Å². The molecule has 1 saturated heterocycles.